The van der Waals surface area contributed by atoms with Crippen LogP contribution in [0.4, 0.5) is 4.39 Å². The molecule has 1 fully saturated rings. The van der Waals surface area contributed by atoms with Crippen molar-refractivity contribution in [2.75, 3.05) is 19.8 Å². The van der Waals surface area contributed by atoms with E-state index in [9.17, 15) is 4.39 Å². The molecule has 0 bridgehead atoms. The number of ether oxygens (including phenoxy) is 1. The Morgan fingerprint density at radius 2 is 2.16 bits per heavy atom. The first-order valence-electron chi connectivity index (χ1n) is 6.96. The highest BCUT2D eigenvalue weighted by Gasteiger charge is 2.22. The highest BCUT2D eigenvalue weighted by molar-refractivity contribution is 6.30. The van der Waals surface area contributed by atoms with Crippen LogP contribution in [-0.2, 0) is 4.74 Å². The normalized spacial score (nSPS) is 18.5. The minimum absolute atomic E-state index is 0.0341. The van der Waals surface area contributed by atoms with Gasteiger partial charge in [0.25, 0.3) is 0 Å². The summed E-state index contributed by atoms with van der Waals surface area (Å²) in [4.78, 5) is 0. The number of halogens is 2. The van der Waals surface area contributed by atoms with Crippen LogP contribution in [0.1, 0.15) is 37.8 Å². The lowest BCUT2D eigenvalue weighted by atomic mass is 9.89. The van der Waals surface area contributed by atoms with Crippen molar-refractivity contribution in [1.29, 1.82) is 0 Å². The van der Waals surface area contributed by atoms with Crippen LogP contribution < -0.4 is 5.32 Å². The van der Waals surface area contributed by atoms with E-state index < -0.39 is 0 Å². The number of hydrogen-bond donors (Lipinski definition) is 1. The summed E-state index contributed by atoms with van der Waals surface area (Å²) in [5, 5.41) is 3.96. The molecule has 2 rings (SSSR count). The van der Waals surface area contributed by atoms with Crippen LogP contribution in [0.15, 0.2) is 18.2 Å². The van der Waals surface area contributed by atoms with Gasteiger partial charge in [0.05, 0.1) is 0 Å². The zero-order valence-electron chi connectivity index (χ0n) is 11.3. The molecule has 19 heavy (non-hydrogen) atoms. The van der Waals surface area contributed by atoms with E-state index in [1.165, 1.54) is 6.07 Å². The van der Waals surface area contributed by atoms with Crippen molar-refractivity contribution in [2.24, 2.45) is 5.92 Å². The minimum atomic E-state index is -0.178. The average molecular weight is 286 g/mol. The summed E-state index contributed by atoms with van der Waals surface area (Å²) in [6.07, 6.45) is 3.06. The van der Waals surface area contributed by atoms with Crippen molar-refractivity contribution in [3.05, 3.63) is 34.6 Å². The first kappa shape index (κ1) is 14.8. The first-order chi connectivity index (χ1) is 9.20. The molecule has 1 atom stereocenters. The Labute approximate surface area is 119 Å². The highest BCUT2D eigenvalue weighted by atomic mass is 35.5. The maximum absolute atomic E-state index is 14.0. The Bertz CT molecular complexity index is 407. The molecule has 1 saturated heterocycles. The summed E-state index contributed by atoms with van der Waals surface area (Å²) >= 11 is 5.99. The smallest absolute Gasteiger partial charge is 0.128 e. The van der Waals surface area contributed by atoms with Gasteiger partial charge in [0, 0.05) is 29.8 Å². The van der Waals surface area contributed by atoms with Gasteiger partial charge < -0.3 is 10.1 Å². The predicted octanol–water partition coefficient (Wildman–Crippen LogP) is 3.95. The number of rotatable bonds is 5. The molecule has 0 amide bonds. The SMILES string of the molecule is CCNC(CC1CCOCC1)c1cc(Cl)ccc1F. The second-order valence-electron chi connectivity index (χ2n) is 5.07. The van der Waals surface area contributed by atoms with E-state index in [0.717, 1.165) is 39.0 Å². The van der Waals surface area contributed by atoms with Gasteiger partial charge >= 0.3 is 0 Å². The fourth-order valence-corrected chi connectivity index (χ4v) is 2.84. The molecule has 106 valence electrons. The Balaban J connectivity index is 2.11. The maximum Gasteiger partial charge on any atom is 0.128 e. The molecule has 1 heterocycles. The van der Waals surface area contributed by atoms with Crippen LogP contribution in [0.2, 0.25) is 5.02 Å². The summed E-state index contributed by atoms with van der Waals surface area (Å²) in [5.41, 5.74) is 0.681. The third-order valence-electron chi connectivity index (χ3n) is 3.69. The zero-order chi connectivity index (χ0) is 13.7. The Hall–Kier alpha value is -0.640. The lowest BCUT2D eigenvalue weighted by molar-refractivity contribution is 0.0604. The lowest BCUT2D eigenvalue weighted by Gasteiger charge is -2.27. The van der Waals surface area contributed by atoms with E-state index in [2.05, 4.69) is 5.32 Å². The van der Waals surface area contributed by atoms with Gasteiger partial charge in [0.2, 0.25) is 0 Å². The third-order valence-corrected chi connectivity index (χ3v) is 3.93. The van der Waals surface area contributed by atoms with Crippen LogP contribution in [0, 0.1) is 11.7 Å². The van der Waals surface area contributed by atoms with Gasteiger partial charge in [-0.05, 0) is 49.9 Å². The van der Waals surface area contributed by atoms with E-state index in [1.54, 1.807) is 12.1 Å². The fourth-order valence-electron chi connectivity index (χ4n) is 2.66. The average Bonchev–Trinajstić information content (AvgIpc) is 2.42. The molecular formula is C15H21ClFNO. The summed E-state index contributed by atoms with van der Waals surface area (Å²) in [5.74, 6) is 0.415. The van der Waals surface area contributed by atoms with Gasteiger partial charge in [0.15, 0.2) is 0 Å². The number of benzene rings is 1. The predicted molar refractivity (Wildman–Crippen MR) is 76.0 cm³/mol. The van der Waals surface area contributed by atoms with E-state index in [0.29, 0.717) is 16.5 Å². The van der Waals surface area contributed by atoms with E-state index in [1.807, 2.05) is 6.92 Å². The fraction of sp³-hybridized carbons (Fsp3) is 0.600. The first-order valence-corrected chi connectivity index (χ1v) is 7.34. The molecule has 0 radical (unpaired) electrons. The Kier molecular flexibility index (Phi) is 5.61. The number of nitrogens with one attached hydrogen (secondary N) is 1. The Morgan fingerprint density at radius 1 is 1.42 bits per heavy atom. The van der Waals surface area contributed by atoms with Crippen molar-refractivity contribution in [1.82, 2.24) is 5.32 Å². The molecule has 1 aromatic carbocycles. The van der Waals surface area contributed by atoms with Gasteiger partial charge in [0.1, 0.15) is 5.82 Å². The molecule has 0 spiro atoms. The topological polar surface area (TPSA) is 21.3 Å². The molecule has 1 aliphatic rings. The zero-order valence-corrected chi connectivity index (χ0v) is 12.0. The highest BCUT2D eigenvalue weighted by Crippen LogP contribution is 2.30. The van der Waals surface area contributed by atoms with Gasteiger partial charge in [-0.25, -0.2) is 4.39 Å². The van der Waals surface area contributed by atoms with Crippen LogP contribution in [-0.4, -0.2) is 19.8 Å². The molecule has 0 aromatic heterocycles. The van der Waals surface area contributed by atoms with Gasteiger partial charge in [-0.2, -0.15) is 0 Å². The van der Waals surface area contributed by atoms with Crippen LogP contribution in [0.25, 0.3) is 0 Å². The molecule has 2 nitrogen and oxygen atoms in total. The summed E-state index contributed by atoms with van der Waals surface area (Å²) < 4.78 is 19.3. The van der Waals surface area contributed by atoms with E-state index in [4.69, 9.17) is 16.3 Å². The maximum atomic E-state index is 14.0. The quantitative estimate of drug-likeness (QED) is 0.884. The van der Waals surface area contributed by atoms with E-state index >= 15 is 0 Å². The standard InChI is InChI=1S/C15H21ClFNO/c1-2-18-15(9-11-5-7-19-8-6-11)13-10-12(16)3-4-14(13)17/h3-4,10-11,15,18H,2,5-9H2,1H3. The van der Waals surface area contributed by atoms with Gasteiger partial charge in [-0.1, -0.05) is 18.5 Å². The second-order valence-corrected chi connectivity index (χ2v) is 5.50. The Morgan fingerprint density at radius 3 is 2.84 bits per heavy atom. The van der Waals surface area contributed by atoms with Crippen molar-refractivity contribution >= 4 is 11.6 Å². The van der Waals surface area contributed by atoms with Crippen LogP contribution >= 0.6 is 11.6 Å². The van der Waals surface area contributed by atoms with Crippen molar-refractivity contribution < 1.29 is 9.13 Å². The third kappa shape index (κ3) is 4.16. The van der Waals surface area contributed by atoms with Gasteiger partial charge in [-0.15, -0.1) is 0 Å². The molecule has 0 aliphatic carbocycles. The van der Waals surface area contributed by atoms with Gasteiger partial charge in [-0.3, -0.25) is 0 Å². The van der Waals surface area contributed by atoms with E-state index in [-0.39, 0.29) is 11.9 Å². The molecular weight excluding hydrogens is 265 g/mol. The van der Waals surface area contributed by atoms with Crippen LogP contribution in [0.5, 0.6) is 0 Å². The van der Waals surface area contributed by atoms with Crippen LogP contribution in [0.3, 0.4) is 0 Å². The second kappa shape index (κ2) is 7.22. The molecule has 4 heteroatoms. The minimum Gasteiger partial charge on any atom is -0.381 e. The number of hydrogen-bond acceptors (Lipinski definition) is 2. The monoisotopic (exact) mass is 285 g/mol. The van der Waals surface area contributed by atoms with Crippen molar-refractivity contribution in [3.8, 4) is 0 Å². The molecule has 1 aromatic rings. The summed E-state index contributed by atoms with van der Waals surface area (Å²) in [6, 6.07) is 4.82. The molecule has 1 unspecified atom stereocenters. The largest absolute Gasteiger partial charge is 0.381 e. The summed E-state index contributed by atoms with van der Waals surface area (Å²) in [7, 11) is 0. The molecule has 0 saturated carbocycles. The molecule has 1 N–H and O–H groups in total. The summed E-state index contributed by atoms with van der Waals surface area (Å²) in [6.45, 7) is 4.50. The molecule has 1 aliphatic heterocycles. The lowest BCUT2D eigenvalue weighted by Crippen LogP contribution is -2.27. The van der Waals surface area contributed by atoms with Crippen molar-refractivity contribution in [3.63, 3.8) is 0 Å². The van der Waals surface area contributed by atoms with Crippen molar-refractivity contribution in [2.45, 2.75) is 32.2 Å².